The lowest BCUT2D eigenvalue weighted by atomic mass is 9.71. The second-order valence-corrected chi connectivity index (χ2v) is 8.22. The Morgan fingerprint density at radius 3 is 2.60 bits per heavy atom. The monoisotopic (exact) mass is 364 g/mol. The highest BCUT2D eigenvalue weighted by atomic mass is 79.9. The van der Waals surface area contributed by atoms with Crippen molar-refractivity contribution in [1.29, 1.82) is 0 Å². The van der Waals surface area contributed by atoms with Crippen LogP contribution < -0.4 is 10.5 Å². The Morgan fingerprint density at radius 2 is 2.10 bits per heavy atom. The first-order chi connectivity index (χ1) is 9.27. The van der Waals surface area contributed by atoms with Crippen LogP contribution in [0.1, 0.15) is 31.7 Å². The molecule has 0 aromatic heterocycles. The summed E-state index contributed by atoms with van der Waals surface area (Å²) in [7, 11) is -3.87. The molecule has 0 unspecified atom stereocenters. The first kappa shape index (κ1) is 15.9. The van der Waals surface area contributed by atoms with Crippen LogP contribution in [0, 0.1) is 11.2 Å². The van der Waals surface area contributed by atoms with E-state index in [2.05, 4.69) is 20.7 Å². The topological polar surface area (TPSA) is 72.2 Å². The van der Waals surface area contributed by atoms with Gasteiger partial charge in [-0.3, -0.25) is 0 Å². The highest BCUT2D eigenvalue weighted by molar-refractivity contribution is 9.10. The number of halogens is 2. The summed E-state index contributed by atoms with van der Waals surface area (Å²) in [5, 5.41) is 0. The fourth-order valence-electron chi connectivity index (χ4n) is 2.27. The molecule has 0 aliphatic heterocycles. The number of hydrogen-bond donors (Lipinski definition) is 2. The average molecular weight is 365 g/mol. The highest BCUT2D eigenvalue weighted by Crippen LogP contribution is 2.39. The van der Waals surface area contributed by atoms with Crippen LogP contribution in [0.2, 0.25) is 0 Å². The first-order valence-electron chi connectivity index (χ1n) is 6.45. The Balaban J connectivity index is 2.27. The molecule has 112 valence electrons. The largest absolute Gasteiger partial charge is 0.326 e. The molecule has 0 spiro atoms. The van der Waals surface area contributed by atoms with E-state index in [1.807, 2.05) is 6.92 Å². The van der Waals surface area contributed by atoms with E-state index in [0.29, 0.717) is 11.0 Å². The molecule has 0 saturated heterocycles. The van der Waals surface area contributed by atoms with Crippen LogP contribution in [0.25, 0.3) is 0 Å². The molecule has 3 N–H and O–H groups in total. The summed E-state index contributed by atoms with van der Waals surface area (Å²) in [4.78, 5) is -0.352. The summed E-state index contributed by atoms with van der Waals surface area (Å²) in [5.41, 5.74) is 5.60. The van der Waals surface area contributed by atoms with Gasteiger partial charge in [-0.05, 0) is 30.4 Å². The zero-order chi connectivity index (χ0) is 15.0. The van der Waals surface area contributed by atoms with Crippen molar-refractivity contribution in [3.63, 3.8) is 0 Å². The van der Waals surface area contributed by atoms with Gasteiger partial charge in [0.2, 0.25) is 10.0 Å². The van der Waals surface area contributed by atoms with Crippen molar-refractivity contribution in [1.82, 2.24) is 4.72 Å². The van der Waals surface area contributed by atoms with Gasteiger partial charge in [-0.25, -0.2) is 17.5 Å². The molecule has 1 aliphatic carbocycles. The zero-order valence-corrected chi connectivity index (χ0v) is 13.7. The van der Waals surface area contributed by atoms with E-state index in [0.717, 1.165) is 19.3 Å². The summed E-state index contributed by atoms with van der Waals surface area (Å²) in [6, 6.07) is 2.75. The van der Waals surface area contributed by atoms with Crippen molar-refractivity contribution in [2.75, 3.05) is 6.54 Å². The molecule has 0 atom stereocenters. The summed E-state index contributed by atoms with van der Waals surface area (Å²) in [6.45, 7) is 2.31. The van der Waals surface area contributed by atoms with Gasteiger partial charge in [0.05, 0.1) is 0 Å². The smallest absolute Gasteiger partial charge is 0.243 e. The summed E-state index contributed by atoms with van der Waals surface area (Å²) < 4.78 is 41.6. The molecule has 7 heteroatoms. The second kappa shape index (κ2) is 5.71. The van der Waals surface area contributed by atoms with Crippen LogP contribution in [0.3, 0.4) is 0 Å². The van der Waals surface area contributed by atoms with Crippen LogP contribution in [0.4, 0.5) is 4.39 Å². The minimum Gasteiger partial charge on any atom is -0.326 e. The SMILES string of the molecule is CC1(CNS(=O)(=O)c2cc(Br)cc(CN)c2F)CCC1. The molecule has 2 rings (SSSR count). The van der Waals surface area contributed by atoms with Gasteiger partial charge in [0, 0.05) is 23.1 Å². The third-order valence-corrected chi connectivity index (χ3v) is 5.70. The molecule has 1 fully saturated rings. The number of sulfonamides is 1. The minimum atomic E-state index is -3.87. The van der Waals surface area contributed by atoms with E-state index >= 15 is 0 Å². The Bertz CT molecular complexity index is 615. The number of benzene rings is 1. The maximum absolute atomic E-state index is 14.1. The van der Waals surface area contributed by atoms with E-state index in [1.54, 1.807) is 0 Å². The molecule has 0 bridgehead atoms. The van der Waals surface area contributed by atoms with Crippen molar-refractivity contribution >= 4 is 26.0 Å². The number of nitrogens with two attached hydrogens (primary N) is 1. The third kappa shape index (κ3) is 3.21. The zero-order valence-electron chi connectivity index (χ0n) is 11.2. The highest BCUT2D eigenvalue weighted by Gasteiger charge is 2.33. The van der Waals surface area contributed by atoms with E-state index in [4.69, 9.17) is 5.73 Å². The third-order valence-electron chi connectivity index (χ3n) is 3.84. The maximum atomic E-state index is 14.1. The summed E-state index contributed by atoms with van der Waals surface area (Å²) in [6.07, 6.45) is 3.09. The van der Waals surface area contributed by atoms with Gasteiger partial charge in [-0.2, -0.15) is 0 Å². The van der Waals surface area contributed by atoms with Gasteiger partial charge in [-0.15, -0.1) is 0 Å². The van der Waals surface area contributed by atoms with E-state index in [9.17, 15) is 12.8 Å². The van der Waals surface area contributed by atoms with Gasteiger partial charge in [-0.1, -0.05) is 29.3 Å². The van der Waals surface area contributed by atoms with Gasteiger partial charge in [0.25, 0.3) is 0 Å². The van der Waals surface area contributed by atoms with E-state index in [1.165, 1.54) is 12.1 Å². The van der Waals surface area contributed by atoms with Crippen LogP contribution >= 0.6 is 15.9 Å². The van der Waals surface area contributed by atoms with E-state index < -0.39 is 15.8 Å². The number of hydrogen-bond acceptors (Lipinski definition) is 3. The predicted molar refractivity (Wildman–Crippen MR) is 79.1 cm³/mol. The van der Waals surface area contributed by atoms with Crippen molar-refractivity contribution in [3.05, 3.63) is 28.0 Å². The van der Waals surface area contributed by atoms with Crippen LogP contribution in [-0.4, -0.2) is 15.0 Å². The second-order valence-electron chi connectivity index (χ2n) is 5.57. The van der Waals surface area contributed by atoms with E-state index in [-0.39, 0.29) is 22.4 Å². The quantitative estimate of drug-likeness (QED) is 0.842. The molecule has 1 saturated carbocycles. The van der Waals surface area contributed by atoms with Crippen LogP contribution in [0.5, 0.6) is 0 Å². The minimum absolute atomic E-state index is 0.00768. The lowest BCUT2D eigenvalue weighted by Crippen LogP contribution is -2.40. The molecule has 1 aromatic carbocycles. The molecule has 0 radical (unpaired) electrons. The molecule has 1 aromatic rings. The Hall–Kier alpha value is -0.500. The number of rotatable bonds is 5. The number of nitrogens with one attached hydrogen (secondary N) is 1. The summed E-state index contributed by atoms with van der Waals surface area (Å²) >= 11 is 3.18. The van der Waals surface area contributed by atoms with Gasteiger partial charge in [0.15, 0.2) is 0 Å². The summed E-state index contributed by atoms with van der Waals surface area (Å²) in [5.74, 6) is -0.776. The van der Waals surface area contributed by atoms with Crippen LogP contribution in [-0.2, 0) is 16.6 Å². The standard InChI is InChI=1S/C13H18BrFN2O2S/c1-13(3-2-4-13)8-17-20(18,19)11-6-10(14)5-9(7-16)12(11)15/h5-6,17H,2-4,7-8,16H2,1H3. The normalized spacial score (nSPS) is 17.8. The van der Waals surface area contributed by atoms with Gasteiger partial charge < -0.3 is 5.73 Å². The fourth-order valence-corrected chi connectivity index (χ4v) is 4.27. The van der Waals surface area contributed by atoms with Crippen molar-refractivity contribution in [2.45, 2.75) is 37.6 Å². The van der Waals surface area contributed by atoms with Crippen molar-refractivity contribution < 1.29 is 12.8 Å². The molecule has 0 amide bonds. The molecule has 1 aliphatic rings. The fraction of sp³-hybridized carbons (Fsp3) is 0.538. The van der Waals surface area contributed by atoms with Gasteiger partial charge >= 0.3 is 0 Å². The Kier molecular flexibility index (Phi) is 4.53. The lowest BCUT2D eigenvalue weighted by Gasteiger charge is -2.38. The lowest BCUT2D eigenvalue weighted by molar-refractivity contribution is 0.166. The Morgan fingerprint density at radius 1 is 1.45 bits per heavy atom. The molecular formula is C13H18BrFN2O2S. The molecule has 4 nitrogen and oxygen atoms in total. The average Bonchev–Trinajstić information content (AvgIpc) is 2.36. The first-order valence-corrected chi connectivity index (χ1v) is 8.73. The van der Waals surface area contributed by atoms with Gasteiger partial charge in [0.1, 0.15) is 10.7 Å². The molecule has 0 heterocycles. The predicted octanol–water partition coefficient (Wildman–Crippen LogP) is 2.52. The molecule has 20 heavy (non-hydrogen) atoms. The van der Waals surface area contributed by atoms with Crippen LogP contribution in [0.15, 0.2) is 21.5 Å². The van der Waals surface area contributed by atoms with Crippen molar-refractivity contribution in [2.24, 2.45) is 11.1 Å². The maximum Gasteiger partial charge on any atom is 0.243 e. The Labute approximate surface area is 127 Å². The molecular weight excluding hydrogens is 347 g/mol. The van der Waals surface area contributed by atoms with Crippen molar-refractivity contribution in [3.8, 4) is 0 Å².